The first-order chi connectivity index (χ1) is 11.1. The Bertz CT molecular complexity index is 490. The second kappa shape index (κ2) is 8.89. The second-order valence-corrected chi connectivity index (χ2v) is 6.05. The summed E-state index contributed by atoms with van der Waals surface area (Å²) in [5.41, 5.74) is 1.25. The molecule has 1 aromatic rings. The van der Waals surface area contributed by atoms with Crippen LogP contribution in [0, 0.1) is 0 Å². The van der Waals surface area contributed by atoms with Crippen LogP contribution in [-0.4, -0.2) is 50.3 Å². The lowest BCUT2D eigenvalue weighted by molar-refractivity contribution is -0.123. The standard InChI is InChI=1S/C18H28N2O3/c1-4-23-16-9-7-15(8-10-16)17-6-5-11-20(17)12-18(21)19-14(2)13-22-3/h7-10,14,17H,4-6,11-13H2,1-3H3,(H,19,21). The van der Waals surface area contributed by atoms with Crippen LogP contribution in [0.15, 0.2) is 24.3 Å². The zero-order valence-corrected chi connectivity index (χ0v) is 14.4. The fraction of sp³-hybridized carbons (Fsp3) is 0.611. The van der Waals surface area contributed by atoms with Crippen molar-refractivity contribution >= 4 is 5.91 Å². The Morgan fingerprint density at radius 1 is 1.39 bits per heavy atom. The molecule has 1 amide bonds. The monoisotopic (exact) mass is 320 g/mol. The molecular weight excluding hydrogens is 292 g/mol. The maximum absolute atomic E-state index is 12.2. The van der Waals surface area contributed by atoms with Crippen LogP contribution in [0.4, 0.5) is 0 Å². The third-order valence-electron chi connectivity index (χ3n) is 4.11. The molecule has 1 N–H and O–H groups in total. The molecule has 0 radical (unpaired) electrons. The molecule has 1 fully saturated rings. The molecule has 128 valence electrons. The number of likely N-dealkylation sites (tertiary alicyclic amines) is 1. The maximum Gasteiger partial charge on any atom is 0.234 e. The highest BCUT2D eigenvalue weighted by Gasteiger charge is 2.27. The number of hydrogen-bond donors (Lipinski definition) is 1. The summed E-state index contributed by atoms with van der Waals surface area (Å²) in [4.78, 5) is 14.4. The van der Waals surface area contributed by atoms with Crippen molar-refractivity contribution in [2.75, 3.05) is 33.4 Å². The molecule has 1 aliphatic rings. The molecule has 1 heterocycles. The molecule has 2 rings (SSSR count). The van der Waals surface area contributed by atoms with Gasteiger partial charge in [0.15, 0.2) is 0 Å². The lowest BCUT2D eigenvalue weighted by atomic mass is 10.0. The van der Waals surface area contributed by atoms with Crippen LogP contribution in [0.25, 0.3) is 0 Å². The summed E-state index contributed by atoms with van der Waals surface area (Å²) in [6.45, 7) is 6.55. The zero-order chi connectivity index (χ0) is 16.7. The van der Waals surface area contributed by atoms with Gasteiger partial charge in [-0.25, -0.2) is 0 Å². The number of carbonyl (C=O) groups excluding carboxylic acids is 1. The van der Waals surface area contributed by atoms with Gasteiger partial charge in [0.1, 0.15) is 5.75 Å². The van der Waals surface area contributed by atoms with Gasteiger partial charge < -0.3 is 14.8 Å². The van der Waals surface area contributed by atoms with E-state index in [0.717, 1.165) is 25.1 Å². The normalized spacial score (nSPS) is 19.5. The van der Waals surface area contributed by atoms with Crippen molar-refractivity contribution < 1.29 is 14.3 Å². The highest BCUT2D eigenvalue weighted by Crippen LogP contribution is 2.32. The maximum atomic E-state index is 12.2. The Hall–Kier alpha value is -1.59. The molecule has 1 saturated heterocycles. The Morgan fingerprint density at radius 2 is 2.13 bits per heavy atom. The predicted octanol–water partition coefficient (Wildman–Crippen LogP) is 2.37. The number of ether oxygens (including phenoxy) is 2. The van der Waals surface area contributed by atoms with Gasteiger partial charge in [-0.2, -0.15) is 0 Å². The summed E-state index contributed by atoms with van der Waals surface area (Å²) in [7, 11) is 1.64. The SMILES string of the molecule is CCOc1ccc(C2CCCN2CC(=O)NC(C)COC)cc1. The second-order valence-electron chi connectivity index (χ2n) is 6.05. The topological polar surface area (TPSA) is 50.8 Å². The van der Waals surface area contributed by atoms with Crippen LogP contribution in [0.5, 0.6) is 5.75 Å². The van der Waals surface area contributed by atoms with Gasteiger partial charge in [0.25, 0.3) is 0 Å². The summed E-state index contributed by atoms with van der Waals surface area (Å²) in [6, 6.07) is 8.60. The van der Waals surface area contributed by atoms with Crippen molar-refractivity contribution in [2.24, 2.45) is 0 Å². The Morgan fingerprint density at radius 3 is 2.78 bits per heavy atom. The van der Waals surface area contributed by atoms with Gasteiger partial charge in [0.2, 0.25) is 5.91 Å². The van der Waals surface area contributed by atoms with Gasteiger partial charge in [0, 0.05) is 19.2 Å². The number of nitrogens with zero attached hydrogens (tertiary/aromatic N) is 1. The number of amides is 1. The van der Waals surface area contributed by atoms with Crippen LogP contribution in [-0.2, 0) is 9.53 Å². The van der Waals surface area contributed by atoms with Gasteiger partial charge in [-0.3, -0.25) is 9.69 Å². The van der Waals surface area contributed by atoms with Crippen molar-refractivity contribution in [3.8, 4) is 5.75 Å². The number of rotatable bonds is 8. The van der Waals surface area contributed by atoms with Gasteiger partial charge in [-0.15, -0.1) is 0 Å². The molecule has 0 bridgehead atoms. The number of methoxy groups -OCH3 is 1. The van der Waals surface area contributed by atoms with E-state index < -0.39 is 0 Å². The van der Waals surface area contributed by atoms with Gasteiger partial charge in [0.05, 0.1) is 19.8 Å². The van der Waals surface area contributed by atoms with Crippen molar-refractivity contribution in [2.45, 2.75) is 38.8 Å². The Balaban J connectivity index is 1.93. The average molecular weight is 320 g/mol. The molecule has 23 heavy (non-hydrogen) atoms. The van der Waals surface area contributed by atoms with Gasteiger partial charge >= 0.3 is 0 Å². The molecule has 1 aromatic carbocycles. The largest absolute Gasteiger partial charge is 0.494 e. The summed E-state index contributed by atoms with van der Waals surface area (Å²) in [6.07, 6.45) is 2.22. The molecule has 0 aromatic heterocycles. The third-order valence-corrected chi connectivity index (χ3v) is 4.11. The van der Waals surface area contributed by atoms with Crippen LogP contribution in [0.1, 0.15) is 38.3 Å². The summed E-state index contributed by atoms with van der Waals surface area (Å²) < 4.78 is 10.5. The fourth-order valence-corrected chi connectivity index (χ4v) is 3.14. The summed E-state index contributed by atoms with van der Waals surface area (Å²) in [5.74, 6) is 0.958. The smallest absolute Gasteiger partial charge is 0.234 e. The van der Waals surface area contributed by atoms with E-state index in [0.29, 0.717) is 25.8 Å². The first kappa shape index (κ1) is 17.8. The quantitative estimate of drug-likeness (QED) is 0.799. The van der Waals surface area contributed by atoms with Gasteiger partial charge in [-0.1, -0.05) is 12.1 Å². The van der Waals surface area contributed by atoms with Crippen LogP contribution >= 0.6 is 0 Å². The number of nitrogens with one attached hydrogen (secondary N) is 1. The number of carbonyl (C=O) groups is 1. The first-order valence-corrected chi connectivity index (χ1v) is 8.39. The predicted molar refractivity (Wildman–Crippen MR) is 90.6 cm³/mol. The van der Waals surface area contributed by atoms with Crippen molar-refractivity contribution in [1.29, 1.82) is 0 Å². The molecule has 1 aliphatic heterocycles. The molecule has 2 unspecified atom stereocenters. The van der Waals surface area contributed by atoms with E-state index in [-0.39, 0.29) is 11.9 Å². The van der Waals surface area contributed by atoms with Crippen molar-refractivity contribution in [1.82, 2.24) is 10.2 Å². The van der Waals surface area contributed by atoms with E-state index in [2.05, 4.69) is 22.3 Å². The minimum Gasteiger partial charge on any atom is -0.494 e. The lowest BCUT2D eigenvalue weighted by Crippen LogP contribution is -2.42. The number of hydrogen-bond acceptors (Lipinski definition) is 4. The van der Waals surface area contributed by atoms with Gasteiger partial charge in [-0.05, 0) is 50.9 Å². The molecule has 0 aliphatic carbocycles. The highest BCUT2D eigenvalue weighted by atomic mass is 16.5. The summed E-state index contributed by atoms with van der Waals surface area (Å²) in [5, 5.41) is 2.98. The van der Waals surface area contributed by atoms with E-state index in [1.165, 1.54) is 5.56 Å². The highest BCUT2D eigenvalue weighted by molar-refractivity contribution is 5.78. The minimum absolute atomic E-state index is 0.0408. The van der Waals surface area contributed by atoms with Crippen molar-refractivity contribution in [3.05, 3.63) is 29.8 Å². The molecular formula is C18H28N2O3. The fourth-order valence-electron chi connectivity index (χ4n) is 3.14. The van der Waals surface area contributed by atoms with Crippen molar-refractivity contribution in [3.63, 3.8) is 0 Å². The Kier molecular flexibility index (Phi) is 6.86. The Labute approximate surface area is 139 Å². The van der Waals surface area contributed by atoms with E-state index in [4.69, 9.17) is 9.47 Å². The lowest BCUT2D eigenvalue weighted by Gasteiger charge is -2.25. The van der Waals surface area contributed by atoms with Crippen LogP contribution in [0.3, 0.4) is 0 Å². The first-order valence-electron chi connectivity index (χ1n) is 8.39. The summed E-state index contributed by atoms with van der Waals surface area (Å²) >= 11 is 0. The molecule has 5 heteroatoms. The molecule has 2 atom stereocenters. The third kappa shape index (κ3) is 5.22. The molecule has 0 spiro atoms. The zero-order valence-electron chi connectivity index (χ0n) is 14.4. The molecule has 5 nitrogen and oxygen atoms in total. The van der Waals surface area contributed by atoms with E-state index in [1.54, 1.807) is 7.11 Å². The van der Waals surface area contributed by atoms with Crippen LogP contribution in [0.2, 0.25) is 0 Å². The minimum atomic E-state index is 0.0408. The molecule has 0 saturated carbocycles. The van der Waals surface area contributed by atoms with Crippen LogP contribution < -0.4 is 10.1 Å². The number of benzene rings is 1. The van der Waals surface area contributed by atoms with E-state index in [9.17, 15) is 4.79 Å². The van der Waals surface area contributed by atoms with E-state index >= 15 is 0 Å². The average Bonchev–Trinajstić information content (AvgIpc) is 2.96. The van der Waals surface area contributed by atoms with E-state index in [1.807, 2.05) is 26.0 Å².